The van der Waals surface area contributed by atoms with Gasteiger partial charge in [0.05, 0.1) is 10.0 Å². The maximum atomic E-state index is 12.6. The number of halogens is 2. The van der Waals surface area contributed by atoms with Gasteiger partial charge in [-0.1, -0.05) is 47.5 Å². The molecule has 2 heterocycles. The zero-order valence-electron chi connectivity index (χ0n) is 16.0. The number of hydrogen-bond acceptors (Lipinski definition) is 3. The van der Waals surface area contributed by atoms with E-state index in [0.29, 0.717) is 22.2 Å². The zero-order chi connectivity index (χ0) is 21.4. The molecule has 152 valence electrons. The number of nitrogens with one attached hydrogen (secondary N) is 1. The SMILES string of the molecule is CCN1C(=O)NC(=O)/C(=C\c2cn(Cc3ccc(Cl)c(Cl)c3)c3ccccc23)C1=O. The van der Waals surface area contributed by atoms with E-state index in [9.17, 15) is 14.4 Å². The van der Waals surface area contributed by atoms with E-state index in [1.807, 2.05) is 41.1 Å². The second-order valence-electron chi connectivity index (χ2n) is 6.84. The Kier molecular flexibility index (Phi) is 5.37. The topological polar surface area (TPSA) is 71.4 Å². The van der Waals surface area contributed by atoms with Gasteiger partial charge in [-0.25, -0.2) is 4.79 Å². The van der Waals surface area contributed by atoms with Crippen LogP contribution in [0.1, 0.15) is 18.1 Å². The summed E-state index contributed by atoms with van der Waals surface area (Å²) in [5, 5.41) is 4.05. The average Bonchev–Trinajstić information content (AvgIpc) is 3.06. The predicted molar refractivity (Wildman–Crippen MR) is 116 cm³/mol. The van der Waals surface area contributed by atoms with E-state index in [2.05, 4.69) is 5.32 Å². The van der Waals surface area contributed by atoms with Crippen molar-refractivity contribution in [2.75, 3.05) is 6.54 Å². The second kappa shape index (κ2) is 7.97. The highest BCUT2D eigenvalue weighted by Crippen LogP contribution is 2.27. The number of likely N-dealkylation sites (N-methyl/N-ethyl adjacent to an activating group) is 1. The number of nitrogens with zero attached hydrogens (tertiary/aromatic N) is 2. The Morgan fingerprint density at radius 3 is 2.53 bits per heavy atom. The number of rotatable bonds is 4. The molecule has 0 aliphatic carbocycles. The molecule has 1 aromatic heterocycles. The fourth-order valence-electron chi connectivity index (χ4n) is 3.49. The van der Waals surface area contributed by atoms with E-state index in [0.717, 1.165) is 21.4 Å². The molecule has 0 radical (unpaired) electrons. The van der Waals surface area contributed by atoms with Crippen LogP contribution in [0.5, 0.6) is 0 Å². The van der Waals surface area contributed by atoms with Crippen LogP contribution in [0, 0.1) is 0 Å². The molecule has 1 N–H and O–H groups in total. The summed E-state index contributed by atoms with van der Waals surface area (Å²) in [4.78, 5) is 37.8. The summed E-state index contributed by atoms with van der Waals surface area (Å²) in [5.41, 5.74) is 2.52. The number of carbonyl (C=O) groups excluding carboxylic acids is 3. The van der Waals surface area contributed by atoms with Crippen LogP contribution in [0.15, 0.2) is 54.2 Å². The molecule has 1 saturated heterocycles. The maximum absolute atomic E-state index is 12.6. The van der Waals surface area contributed by atoms with Crippen molar-refractivity contribution in [2.24, 2.45) is 0 Å². The number of barbiturate groups is 1. The molecule has 0 bridgehead atoms. The number of hydrogen-bond donors (Lipinski definition) is 1. The van der Waals surface area contributed by atoms with E-state index in [1.165, 1.54) is 6.08 Å². The summed E-state index contributed by atoms with van der Waals surface area (Å²) < 4.78 is 2.01. The zero-order valence-corrected chi connectivity index (χ0v) is 17.5. The molecule has 0 saturated carbocycles. The Balaban J connectivity index is 1.78. The van der Waals surface area contributed by atoms with Crippen LogP contribution in [0.25, 0.3) is 17.0 Å². The number of amides is 4. The van der Waals surface area contributed by atoms with Crippen molar-refractivity contribution in [1.29, 1.82) is 0 Å². The summed E-state index contributed by atoms with van der Waals surface area (Å²) in [6, 6.07) is 12.4. The van der Waals surface area contributed by atoms with E-state index in [1.54, 1.807) is 19.1 Å². The van der Waals surface area contributed by atoms with Gasteiger partial charge in [0, 0.05) is 35.8 Å². The minimum absolute atomic E-state index is 0.0751. The average molecular weight is 442 g/mol. The van der Waals surface area contributed by atoms with E-state index < -0.39 is 17.8 Å². The first-order valence-electron chi connectivity index (χ1n) is 9.29. The highest BCUT2D eigenvalue weighted by Gasteiger charge is 2.34. The van der Waals surface area contributed by atoms with E-state index in [4.69, 9.17) is 23.2 Å². The first-order valence-corrected chi connectivity index (χ1v) is 10.0. The van der Waals surface area contributed by atoms with Gasteiger partial charge in [0.15, 0.2) is 0 Å². The molecule has 8 heteroatoms. The highest BCUT2D eigenvalue weighted by atomic mass is 35.5. The lowest BCUT2D eigenvalue weighted by atomic mass is 10.1. The predicted octanol–water partition coefficient (Wildman–Crippen LogP) is 4.48. The molecule has 1 fully saturated rings. The molecule has 3 aromatic rings. The quantitative estimate of drug-likeness (QED) is 0.479. The molecule has 1 aliphatic rings. The standard InChI is InChI=1S/C22H17Cl2N3O3/c1-2-27-21(29)16(20(28)25-22(27)30)10-14-12-26(19-6-4-3-5-15(14)19)11-13-7-8-17(23)18(24)9-13/h3-10,12H,2,11H2,1H3,(H,25,28,30)/b16-10+. The van der Waals surface area contributed by atoms with Crippen molar-refractivity contribution in [1.82, 2.24) is 14.8 Å². The van der Waals surface area contributed by atoms with Gasteiger partial charge in [-0.2, -0.15) is 0 Å². The van der Waals surface area contributed by atoms with Crippen molar-refractivity contribution in [3.8, 4) is 0 Å². The maximum Gasteiger partial charge on any atom is 0.331 e. The molecule has 0 unspecified atom stereocenters. The first-order chi connectivity index (χ1) is 14.4. The van der Waals surface area contributed by atoms with Crippen LogP contribution < -0.4 is 5.32 Å². The number of carbonyl (C=O) groups is 3. The fourth-order valence-corrected chi connectivity index (χ4v) is 3.81. The molecule has 0 spiro atoms. The van der Waals surface area contributed by atoms with Crippen LogP contribution in [-0.2, 0) is 16.1 Å². The Morgan fingerprint density at radius 1 is 1.03 bits per heavy atom. The Morgan fingerprint density at radius 2 is 1.80 bits per heavy atom. The smallest absolute Gasteiger partial charge is 0.331 e. The third-order valence-electron chi connectivity index (χ3n) is 4.96. The van der Waals surface area contributed by atoms with E-state index in [-0.39, 0.29) is 12.1 Å². The molecule has 0 atom stereocenters. The van der Waals surface area contributed by atoms with Gasteiger partial charge in [-0.15, -0.1) is 0 Å². The molecule has 2 aromatic carbocycles. The summed E-state index contributed by atoms with van der Waals surface area (Å²) in [6.45, 7) is 2.38. The monoisotopic (exact) mass is 441 g/mol. The van der Waals surface area contributed by atoms with Crippen LogP contribution in [0.3, 0.4) is 0 Å². The Labute approximate surface area is 182 Å². The van der Waals surface area contributed by atoms with Crippen LogP contribution in [-0.4, -0.2) is 33.9 Å². The van der Waals surface area contributed by atoms with Crippen LogP contribution in [0.4, 0.5) is 4.79 Å². The summed E-state index contributed by atoms with van der Waals surface area (Å²) in [7, 11) is 0. The molecule has 4 amide bonds. The number of aromatic nitrogens is 1. The third-order valence-corrected chi connectivity index (χ3v) is 5.70. The highest BCUT2D eigenvalue weighted by molar-refractivity contribution is 6.42. The van der Waals surface area contributed by atoms with Crippen molar-refractivity contribution in [3.63, 3.8) is 0 Å². The summed E-state index contributed by atoms with van der Waals surface area (Å²) in [5.74, 6) is -1.30. The van der Waals surface area contributed by atoms with Crippen molar-refractivity contribution < 1.29 is 14.4 Å². The van der Waals surface area contributed by atoms with Gasteiger partial charge >= 0.3 is 6.03 Å². The van der Waals surface area contributed by atoms with Gasteiger partial charge in [0.25, 0.3) is 11.8 Å². The van der Waals surface area contributed by atoms with E-state index >= 15 is 0 Å². The van der Waals surface area contributed by atoms with Crippen molar-refractivity contribution in [3.05, 3.63) is 75.4 Å². The molecule has 4 rings (SSSR count). The lowest BCUT2D eigenvalue weighted by Crippen LogP contribution is -2.53. The minimum atomic E-state index is -0.702. The summed E-state index contributed by atoms with van der Waals surface area (Å²) in [6.07, 6.45) is 3.40. The normalized spacial score (nSPS) is 15.9. The van der Waals surface area contributed by atoms with Gasteiger partial charge in [-0.05, 0) is 36.8 Å². The number of para-hydroxylation sites is 1. The molecule has 6 nitrogen and oxygen atoms in total. The van der Waals surface area contributed by atoms with Gasteiger partial charge in [-0.3, -0.25) is 19.8 Å². The molecular weight excluding hydrogens is 425 g/mol. The number of urea groups is 1. The largest absolute Gasteiger partial charge is 0.342 e. The molecular formula is C22H17Cl2N3O3. The van der Waals surface area contributed by atoms with Crippen molar-refractivity contribution in [2.45, 2.75) is 13.5 Å². The van der Waals surface area contributed by atoms with Crippen LogP contribution >= 0.6 is 23.2 Å². The number of fused-ring (bicyclic) bond motifs is 1. The lowest BCUT2D eigenvalue weighted by Gasteiger charge is -2.24. The summed E-state index contributed by atoms with van der Waals surface area (Å²) >= 11 is 12.1. The lowest BCUT2D eigenvalue weighted by molar-refractivity contribution is -0.129. The van der Waals surface area contributed by atoms with Gasteiger partial charge < -0.3 is 4.57 Å². The van der Waals surface area contributed by atoms with Crippen LogP contribution in [0.2, 0.25) is 10.0 Å². The fraction of sp³-hybridized carbons (Fsp3) is 0.136. The number of imide groups is 2. The number of benzene rings is 2. The minimum Gasteiger partial charge on any atom is -0.342 e. The Bertz CT molecular complexity index is 1230. The third kappa shape index (κ3) is 3.60. The van der Waals surface area contributed by atoms with Crippen molar-refractivity contribution >= 4 is 58.0 Å². The molecule has 1 aliphatic heterocycles. The van der Waals surface area contributed by atoms with Gasteiger partial charge in [0.1, 0.15) is 5.57 Å². The molecule has 30 heavy (non-hydrogen) atoms. The van der Waals surface area contributed by atoms with Gasteiger partial charge in [0.2, 0.25) is 0 Å². The first kappa shape index (κ1) is 20.2. The Hall–Kier alpha value is -3.09. The second-order valence-corrected chi connectivity index (χ2v) is 7.66.